The zero-order valence-corrected chi connectivity index (χ0v) is 22.5. The van der Waals surface area contributed by atoms with E-state index >= 15 is 4.39 Å². The fourth-order valence-electron chi connectivity index (χ4n) is 5.02. The maximum atomic E-state index is 15.5. The van der Waals surface area contributed by atoms with Crippen molar-refractivity contribution >= 4 is 11.6 Å². The van der Waals surface area contributed by atoms with E-state index in [2.05, 4.69) is 10.3 Å². The summed E-state index contributed by atoms with van der Waals surface area (Å²) in [7, 11) is 5.22. The lowest BCUT2D eigenvalue weighted by molar-refractivity contribution is -0.137. The van der Waals surface area contributed by atoms with Gasteiger partial charge in [0, 0.05) is 37.9 Å². The smallest absolute Gasteiger partial charge is 0.416 e. The molecule has 0 atom stereocenters. The van der Waals surface area contributed by atoms with Crippen LogP contribution in [0.2, 0.25) is 0 Å². The standard InChI is InChI=1S/C29H31F5N4O2/c1-37(2)15-12-35-27(39)28(20-17-23(31)26(36-18-20)21-6-4-5-7-25(21)40-3)10-13-38(14-11-28)24-9-8-19(16-22(24)30)29(32,33)34/h4-9,16-18H,10-15H2,1-3H3,(H,35,39). The summed E-state index contributed by atoms with van der Waals surface area (Å²) in [5.74, 6) is -1.48. The number of nitrogens with zero attached hydrogens (tertiary/aromatic N) is 3. The van der Waals surface area contributed by atoms with Crippen molar-refractivity contribution < 1.29 is 31.5 Å². The molecule has 0 unspecified atom stereocenters. The summed E-state index contributed by atoms with van der Waals surface area (Å²) in [4.78, 5) is 21.5. The summed E-state index contributed by atoms with van der Waals surface area (Å²) in [5.41, 5.74) is -1.31. The van der Waals surface area contributed by atoms with Gasteiger partial charge in [0.2, 0.25) is 5.91 Å². The molecule has 40 heavy (non-hydrogen) atoms. The Kier molecular flexibility index (Phi) is 8.62. The molecule has 1 amide bonds. The van der Waals surface area contributed by atoms with E-state index in [1.165, 1.54) is 19.4 Å². The van der Waals surface area contributed by atoms with Gasteiger partial charge in [-0.3, -0.25) is 9.78 Å². The molecule has 2 aromatic carbocycles. The molecule has 11 heteroatoms. The van der Waals surface area contributed by atoms with Gasteiger partial charge in [-0.15, -0.1) is 0 Å². The fourth-order valence-corrected chi connectivity index (χ4v) is 5.02. The molecule has 0 radical (unpaired) electrons. The van der Waals surface area contributed by atoms with Crippen molar-refractivity contribution in [1.82, 2.24) is 15.2 Å². The highest BCUT2D eigenvalue weighted by molar-refractivity contribution is 5.89. The number of rotatable bonds is 8. The summed E-state index contributed by atoms with van der Waals surface area (Å²) in [6, 6.07) is 10.6. The summed E-state index contributed by atoms with van der Waals surface area (Å²) in [5, 5.41) is 2.93. The van der Waals surface area contributed by atoms with Gasteiger partial charge in [0.25, 0.3) is 0 Å². The Bertz CT molecular complexity index is 1350. The fraction of sp³-hybridized carbons (Fsp3) is 0.379. The summed E-state index contributed by atoms with van der Waals surface area (Å²) in [6.45, 7) is 1.28. The number of hydrogen-bond donors (Lipinski definition) is 1. The second-order valence-corrected chi connectivity index (χ2v) is 10.0. The molecule has 1 N–H and O–H groups in total. The Morgan fingerprint density at radius 2 is 1.77 bits per heavy atom. The molecule has 0 spiro atoms. The zero-order chi connectivity index (χ0) is 29.1. The number of anilines is 1. The largest absolute Gasteiger partial charge is 0.496 e. The maximum absolute atomic E-state index is 15.5. The first kappa shape index (κ1) is 29.3. The van der Waals surface area contributed by atoms with Gasteiger partial charge in [-0.05, 0) is 68.9 Å². The third kappa shape index (κ3) is 6.04. The van der Waals surface area contributed by atoms with Crippen molar-refractivity contribution in [2.45, 2.75) is 24.4 Å². The maximum Gasteiger partial charge on any atom is 0.416 e. The van der Waals surface area contributed by atoms with Crippen LogP contribution < -0.4 is 15.0 Å². The number of piperidine rings is 1. The summed E-state index contributed by atoms with van der Waals surface area (Å²) >= 11 is 0. The van der Waals surface area contributed by atoms with Crippen LogP contribution in [0, 0.1) is 11.6 Å². The Balaban J connectivity index is 1.65. The minimum atomic E-state index is -4.66. The number of methoxy groups -OCH3 is 1. The number of nitrogens with one attached hydrogen (secondary N) is 1. The number of carbonyl (C=O) groups excluding carboxylic acids is 1. The second-order valence-electron chi connectivity index (χ2n) is 10.0. The third-order valence-electron chi connectivity index (χ3n) is 7.27. The van der Waals surface area contributed by atoms with Crippen molar-refractivity contribution in [2.24, 2.45) is 0 Å². The summed E-state index contributed by atoms with van der Waals surface area (Å²) in [6.07, 6.45) is -2.83. The predicted octanol–water partition coefficient (Wildman–Crippen LogP) is 5.27. The van der Waals surface area contributed by atoms with Crippen LogP contribution in [0.4, 0.5) is 27.6 Å². The van der Waals surface area contributed by atoms with Gasteiger partial charge in [0.05, 0.1) is 23.8 Å². The number of amides is 1. The molecule has 0 bridgehead atoms. The summed E-state index contributed by atoms with van der Waals surface area (Å²) < 4.78 is 74.6. The van der Waals surface area contributed by atoms with Crippen molar-refractivity contribution in [1.29, 1.82) is 0 Å². The molecule has 1 fully saturated rings. The number of carbonyl (C=O) groups is 1. The first-order valence-corrected chi connectivity index (χ1v) is 12.8. The number of alkyl halides is 3. The molecule has 6 nitrogen and oxygen atoms in total. The molecule has 1 saturated heterocycles. The minimum Gasteiger partial charge on any atom is -0.496 e. The molecule has 4 rings (SSSR count). The van der Waals surface area contributed by atoms with Crippen LogP contribution in [0.15, 0.2) is 54.7 Å². The molecular weight excluding hydrogens is 531 g/mol. The number of likely N-dealkylation sites (N-methyl/N-ethyl adjacent to an activating group) is 1. The lowest BCUT2D eigenvalue weighted by atomic mass is 9.72. The van der Waals surface area contributed by atoms with Crippen LogP contribution in [0.3, 0.4) is 0 Å². The van der Waals surface area contributed by atoms with Crippen molar-refractivity contribution in [3.05, 3.63) is 77.5 Å². The van der Waals surface area contributed by atoms with E-state index in [9.17, 15) is 22.4 Å². The van der Waals surface area contributed by atoms with Crippen molar-refractivity contribution in [2.75, 3.05) is 52.3 Å². The average Bonchev–Trinajstić information content (AvgIpc) is 2.92. The van der Waals surface area contributed by atoms with Crippen molar-refractivity contribution in [3.63, 3.8) is 0 Å². The predicted molar refractivity (Wildman–Crippen MR) is 142 cm³/mol. The van der Waals surface area contributed by atoms with Crippen LogP contribution in [-0.2, 0) is 16.4 Å². The highest BCUT2D eigenvalue weighted by atomic mass is 19.4. The molecular formula is C29H31F5N4O2. The number of ether oxygens (including phenoxy) is 1. The van der Waals surface area contributed by atoms with E-state index in [1.54, 1.807) is 29.2 Å². The molecule has 1 aliphatic heterocycles. The van der Waals surface area contributed by atoms with Crippen LogP contribution in [-0.4, -0.2) is 63.2 Å². The molecule has 1 aliphatic rings. The SMILES string of the molecule is COc1ccccc1-c1ncc(C2(C(=O)NCCN(C)C)CCN(c3ccc(C(F)(F)F)cc3F)CC2)cc1F. The zero-order valence-electron chi connectivity index (χ0n) is 22.5. The van der Waals surface area contributed by atoms with Crippen molar-refractivity contribution in [3.8, 4) is 17.0 Å². The van der Waals surface area contributed by atoms with E-state index in [0.29, 0.717) is 36.0 Å². The van der Waals surface area contributed by atoms with Crippen LogP contribution in [0.25, 0.3) is 11.3 Å². The van der Waals surface area contributed by atoms with Gasteiger partial charge in [-0.25, -0.2) is 8.78 Å². The van der Waals surface area contributed by atoms with Gasteiger partial charge < -0.3 is 19.9 Å². The Labute approximate surface area is 229 Å². The number of pyridine rings is 1. The monoisotopic (exact) mass is 562 g/mol. The molecule has 3 aromatic rings. The topological polar surface area (TPSA) is 57.7 Å². The lowest BCUT2D eigenvalue weighted by Gasteiger charge is -2.42. The van der Waals surface area contributed by atoms with E-state index in [0.717, 1.165) is 12.1 Å². The first-order chi connectivity index (χ1) is 19.0. The van der Waals surface area contributed by atoms with Gasteiger partial charge in [-0.1, -0.05) is 12.1 Å². The van der Waals surface area contributed by atoms with E-state index in [4.69, 9.17) is 4.74 Å². The molecule has 2 heterocycles. The Hall–Kier alpha value is -3.73. The van der Waals surface area contributed by atoms with Crippen LogP contribution in [0.1, 0.15) is 24.0 Å². The van der Waals surface area contributed by atoms with Crippen LogP contribution >= 0.6 is 0 Å². The van der Waals surface area contributed by atoms with E-state index in [-0.39, 0.29) is 43.2 Å². The Morgan fingerprint density at radius 1 is 1.07 bits per heavy atom. The highest BCUT2D eigenvalue weighted by Gasteiger charge is 2.44. The van der Waals surface area contributed by atoms with Crippen LogP contribution in [0.5, 0.6) is 5.75 Å². The first-order valence-electron chi connectivity index (χ1n) is 12.8. The second kappa shape index (κ2) is 11.8. The number of halogens is 5. The van der Waals surface area contributed by atoms with Gasteiger partial charge in [-0.2, -0.15) is 13.2 Å². The third-order valence-corrected chi connectivity index (χ3v) is 7.27. The van der Waals surface area contributed by atoms with Gasteiger partial charge in [0.1, 0.15) is 23.1 Å². The van der Waals surface area contributed by atoms with Gasteiger partial charge >= 0.3 is 6.18 Å². The molecule has 214 valence electrons. The van der Waals surface area contributed by atoms with E-state index in [1.807, 2.05) is 19.0 Å². The molecule has 1 aromatic heterocycles. The number of para-hydroxylation sites is 1. The van der Waals surface area contributed by atoms with E-state index < -0.39 is 28.8 Å². The quantitative estimate of drug-likeness (QED) is 0.379. The Morgan fingerprint density at radius 3 is 2.38 bits per heavy atom. The number of hydrogen-bond acceptors (Lipinski definition) is 5. The number of benzene rings is 2. The number of aromatic nitrogens is 1. The minimum absolute atomic E-state index is 0.0189. The highest BCUT2D eigenvalue weighted by Crippen LogP contribution is 2.40. The average molecular weight is 563 g/mol. The molecule has 0 aliphatic carbocycles. The normalized spacial score (nSPS) is 15.3. The van der Waals surface area contributed by atoms with Gasteiger partial charge in [0.15, 0.2) is 0 Å². The molecule has 0 saturated carbocycles. The lowest BCUT2D eigenvalue weighted by Crippen LogP contribution is -2.52.